The number of amides is 1. The molecule has 0 aromatic carbocycles. The van der Waals surface area contributed by atoms with E-state index in [9.17, 15) is 4.79 Å². The van der Waals surface area contributed by atoms with Crippen LogP contribution in [0, 0.1) is 0 Å². The topological polar surface area (TPSA) is 91.2 Å². The van der Waals surface area contributed by atoms with Gasteiger partial charge in [-0.05, 0) is 11.5 Å². The second-order valence-electron chi connectivity index (χ2n) is 2.56. The van der Waals surface area contributed by atoms with Crippen LogP contribution in [0.3, 0.4) is 0 Å². The van der Waals surface area contributed by atoms with Crippen LogP contribution < -0.4 is 16.2 Å². The maximum absolute atomic E-state index is 10.6. The Morgan fingerprint density at radius 3 is 3.08 bits per heavy atom. The van der Waals surface area contributed by atoms with Gasteiger partial charge in [0.05, 0.1) is 7.11 Å². The Kier molecular flexibility index (Phi) is 3.21. The number of carbonyl (C=O) groups is 1. The van der Waals surface area contributed by atoms with Crippen LogP contribution in [0.25, 0.3) is 0 Å². The first-order chi connectivity index (χ1) is 6.15. The molecule has 0 unspecified atom stereocenters. The minimum absolute atomic E-state index is 0.106. The lowest BCUT2D eigenvalue weighted by atomic mass is 10.1. The summed E-state index contributed by atoms with van der Waals surface area (Å²) in [5.41, 5.74) is 11.4. The Balaban J connectivity index is 2.75. The van der Waals surface area contributed by atoms with Gasteiger partial charge in [-0.15, -0.1) is 0 Å². The van der Waals surface area contributed by atoms with Gasteiger partial charge in [0.15, 0.2) is 0 Å². The number of primary amides is 1. The number of carbonyl (C=O) groups excluding carboxylic acids is 1. The van der Waals surface area contributed by atoms with Crippen molar-refractivity contribution in [2.75, 3.05) is 7.11 Å². The summed E-state index contributed by atoms with van der Waals surface area (Å²) in [6, 6.07) is -0.425. The van der Waals surface area contributed by atoms with Crippen molar-refractivity contribution in [1.82, 2.24) is 4.37 Å². The van der Waals surface area contributed by atoms with Gasteiger partial charge >= 0.3 is 0 Å². The molecule has 0 aliphatic carbocycles. The second-order valence-corrected chi connectivity index (χ2v) is 3.19. The normalized spacial score (nSPS) is 12.5. The predicted molar refractivity (Wildman–Crippen MR) is 49.4 cm³/mol. The lowest BCUT2D eigenvalue weighted by Crippen LogP contribution is -2.20. The van der Waals surface area contributed by atoms with E-state index in [2.05, 4.69) is 4.37 Å². The van der Waals surface area contributed by atoms with Gasteiger partial charge in [0, 0.05) is 23.4 Å². The third-order valence-corrected chi connectivity index (χ3v) is 2.21. The molecule has 1 aromatic heterocycles. The van der Waals surface area contributed by atoms with Crippen molar-refractivity contribution in [3.63, 3.8) is 0 Å². The van der Waals surface area contributed by atoms with Crippen LogP contribution in [-0.4, -0.2) is 17.4 Å². The lowest BCUT2D eigenvalue weighted by molar-refractivity contribution is -0.118. The molecule has 0 radical (unpaired) electrons. The first-order valence-corrected chi connectivity index (χ1v) is 4.51. The zero-order valence-electron chi connectivity index (χ0n) is 7.19. The van der Waals surface area contributed by atoms with Crippen molar-refractivity contribution < 1.29 is 9.53 Å². The van der Waals surface area contributed by atoms with Gasteiger partial charge in [0.1, 0.15) is 0 Å². The van der Waals surface area contributed by atoms with Crippen LogP contribution in [0.5, 0.6) is 5.88 Å². The number of ether oxygens (including phenoxy) is 1. The van der Waals surface area contributed by atoms with Crippen LogP contribution in [0.2, 0.25) is 0 Å². The predicted octanol–water partition coefficient (Wildman–Crippen LogP) is 0.0269. The van der Waals surface area contributed by atoms with Gasteiger partial charge < -0.3 is 16.2 Å². The molecule has 1 rings (SSSR count). The average molecular weight is 201 g/mol. The molecule has 13 heavy (non-hydrogen) atoms. The summed E-state index contributed by atoms with van der Waals surface area (Å²) in [5.74, 6) is 0.0412. The molecule has 0 saturated carbocycles. The largest absolute Gasteiger partial charge is 0.480 e. The van der Waals surface area contributed by atoms with Crippen molar-refractivity contribution in [2.24, 2.45) is 11.5 Å². The van der Waals surface area contributed by atoms with E-state index >= 15 is 0 Å². The van der Waals surface area contributed by atoms with Crippen LogP contribution in [0.15, 0.2) is 5.38 Å². The summed E-state index contributed by atoms with van der Waals surface area (Å²) >= 11 is 1.24. The number of aromatic nitrogens is 1. The van der Waals surface area contributed by atoms with Crippen molar-refractivity contribution >= 4 is 17.4 Å². The molecule has 1 amide bonds. The van der Waals surface area contributed by atoms with Crippen molar-refractivity contribution in [1.29, 1.82) is 0 Å². The molecule has 1 heterocycles. The zero-order valence-corrected chi connectivity index (χ0v) is 8.00. The molecule has 1 atom stereocenters. The highest BCUT2D eigenvalue weighted by molar-refractivity contribution is 7.03. The number of hydrogen-bond acceptors (Lipinski definition) is 5. The monoisotopic (exact) mass is 201 g/mol. The van der Waals surface area contributed by atoms with E-state index in [-0.39, 0.29) is 6.42 Å². The first-order valence-electron chi connectivity index (χ1n) is 3.67. The fraction of sp³-hybridized carbons (Fsp3) is 0.429. The van der Waals surface area contributed by atoms with Crippen molar-refractivity contribution in [2.45, 2.75) is 12.5 Å². The van der Waals surface area contributed by atoms with E-state index in [1.165, 1.54) is 18.6 Å². The van der Waals surface area contributed by atoms with Crippen LogP contribution in [-0.2, 0) is 4.79 Å². The fourth-order valence-corrected chi connectivity index (χ4v) is 1.68. The maximum atomic E-state index is 10.6. The molecule has 0 saturated heterocycles. The van der Waals surface area contributed by atoms with Gasteiger partial charge in [-0.3, -0.25) is 4.79 Å². The Morgan fingerprint density at radius 2 is 2.54 bits per heavy atom. The highest BCUT2D eigenvalue weighted by atomic mass is 32.1. The van der Waals surface area contributed by atoms with E-state index in [4.69, 9.17) is 16.2 Å². The molecule has 0 aliphatic rings. The Bertz CT molecular complexity index is 300. The smallest absolute Gasteiger partial charge is 0.229 e. The van der Waals surface area contributed by atoms with Gasteiger partial charge in [0.2, 0.25) is 11.8 Å². The molecule has 4 N–H and O–H groups in total. The summed E-state index contributed by atoms with van der Waals surface area (Å²) in [7, 11) is 1.51. The standard InChI is InChI=1S/C7H11N3O2S/c1-12-7-4(3-13-10-7)5(8)2-6(9)11/h3,5H,2,8H2,1H3,(H2,9,11)/t5-/m0/s1. The van der Waals surface area contributed by atoms with Gasteiger partial charge in [0.25, 0.3) is 0 Å². The van der Waals surface area contributed by atoms with Gasteiger partial charge in [-0.2, -0.15) is 4.37 Å². The van der Waals surface area contributed by atoms with Crippen LogP contribution in [0.1, 0.15) is 18.0 Å². The quantitative estimate of drug-likeness (QED) is 0.718. The summed E-state index contributed by atoms with van der Waals surface area (Å²) in [6.07, 6.45) is 0.106. The van der Waals surface area contributed by atoms with E-state index < -0.39 is 11.9 Å². The summed E-state index contributed by atoms with van der Waals surface area (Å²) in [5, 5.41) is 1.76. The lowest BCUT2D eigenvalue weighted by Gasteiger charge is -2.07. The number of methoxy groups -OCH3 is 1. The number of rotatable bonds is 4. The van der Waals surface area contributed by atoms with E-state index in [0.29, 0.717) is 5.88 Å². The molecule has 0 aliphatic heterocycles. The highest BCUT2D eigenvalue weighted by Crippen LogP contribution is 2.25. The first kappa shape index (κ1) is 9.94. The molecule has 0 spiro atoms. The zero-order chi connectivity index (χ0) is 9.84. The maximum Gasteiger partial charge on any atom is 0.229 e. The average Bonchev–Trinajstić information content (AvgIpc) is 2.49. The number of hydrogen-bond donors (Lipinski definition) is 2. The summed E-state index contributed by atoms with van der Waals surface area (Å²) in [6.45, 7) is 0. The van der Waals surface area contributed by atoms with E-state index in [1.54, 1.807) is 5.38 Å². The molecule has 1 aromatic rings. The van der Waals surface area contributed by atoms with Crippen LogP contribution in [0.4, 0.5) is 0 Å². The minimum Gasteiger partial charge on any atom is -0.480 e. The highest BCUT2D eigenvalue weighted by Gasteiger charge is 2.16. The molecule has 0 bridgehead atoms. The third kappa shape index (κ3) is 2.40. The SMILES string of the molecule is COc1nscc1[C@@H](N)CC(N)=O. The molecular weight excluding hydrogens is 190 g/mol. The van der Waals surface area contributed by atoms with Crippen molar-refractivity contribution in [3.05, 3.63) is 10.9 Å². The fourth-order valence-electron chi connectivity index (χ4n) is 0.962. The van der Waals surface area contributed by atoms with Crippen LogP contribution >= 0.6 is 11.5 Å². The van der Waals surface area contributed by atoms with Gasteiger partial charge in [-0.25, -0.2) is 0 Å². The third-order valence-electron chi connectivity index (χ3n) is 1.58. The molecule has 5 nitrogen and oxygen atoms in total. The summed E-state index contributed by atoms with van der Waals surface area (Å²) in [4.78, 5) is 10.6. The molecule has 6 heteroatoms. The molecule has 72 valence electrons. The van der Waals surface area contributed by atoms with E-state index in [1.807, 2.05) is 0 Å². The number of nitrogens with zero attached hydrogens (tertiary/aromatic N) is 1. The minimum atomic E-state index is -0.430. The Morgan fingerprint density at radius 1 is 1.85 bits per heavy atom. The van der Waals surface area contributed by atoms with E-state index in [0.717, 1.165) is 5.56 Å². The molecule has 0 fully saturated rings. The van der Waals surface area contributed by atoms with Gasteiger partial charge in [-0.1, -0.05) is 0 Å². The Hall–Kier alpha value is -1.14. The number of nitrogens with two attached hydrogens (primary N) is 2. The Labute approximate surface area is 79.8 Å². The van der Waals surface area contributed by atoms with Crippen molar-refractivity contribution in [3.8, 4) is 5.88 Å². The second kappa shape index (κ2) is 4.20. The summed E-state index contributed by atoms with van der Waals surface area (Å²) < 4.78 is 8.91. The molecular formula is C7H11N3O2S.